The van der Waals surface area contributed by atoms with Crippen LogP contribution in [0.2, 0.25) is 0 Å². The van der Waals surface area contributed by atoms with E-state index in [1.165, 1.54) is 16.9 Å². The van der Waals surface area contributed by atoms with E-state index >= 15 is 0 Å². The van der Waals surface area contributed by atoms with Gasteiger partial charge in [-0.25, -0.2) is 0 Å². The maximum atomic E-state index is 12.4. The predicted octanol–water partition coefficient (Wildman–Crippen LogP) is 3.73. The summed E-state index contributed by atoms with van der Waals surface area (Å²) in [6.07, 6.45) is -4.81. The third kappa shape index (κ3) is 4.18. The van der Waals surface area contributed by atoms with Gasteiger partial charge in [0.1, 0.15) is 5.75 Å². The van der Waals surface area contributed by atoms with Gasteiger partial charge in [-0.1, -0.05) is 24.3 Å². The van der Waals surface area contributed by atoms with Crippen LogP contribution < -0.4 is 10.1 Å². The van der Waals surface area contributed by atoms with Crippen LogP contribution in [0, 0.1) is 6.92 Å². The highest BCUT2D eigenvalue weighted by molar-refractivity contribution is 6.03. The minimum absolute atomic E-state index is 0.0657. The molecular weight excluding hydrogens is 349 g/mol. The van der Waals surface area contributed by atoms with E-state index in [9.17, 15) is 18.0 Å². The molecule has 26 heavy (non-hydrogen) atoms. The van der Waals surface area contributed by atoms with E-state index in [2.05, 4.69) is 20.3 Å². The van der Waals surface area contributed by atoms with Crippen LogP contribution in [0.25, 0.3) is 5.69 Å². The zero-order chi connectivity index (χ0) is 18.7. The second-order valence-corrected chi connectivity index (χ2v) is 5.29. The van der Waals surface area contributed by atoms with E-state index in [1.807, 2.05) is 6.07 Å². The Morgan fingerprint density at radius 1 is 1.08 bits per heavy atom. The zero-order valence-corrected chi connectivity index (χ0v) is 13.5. The molecule has 0 radical (unpaired) electrons. The molecule has 1 aromatic heterocycles. The number of alkyl halides is 3. The van der Waals surface area contributed by atoms with Crippen molar-refractivity contribution in [1.29, 1.82) is 0 Å². The lowest BCUT2D eigenvalue weighted by atomic mass is 10.2. The number of para-hydroxylation sites is 1. The van der Waals surface area contributed by atoms with Crippen LogP contribution in [0.1, 0.15) is 16.2 Å². The fourth-order valence-corrected chi connectivity index (χ4v) is 2.23. The number of aryl methyl sites for hydroxylation is 1. The number of amides is 1. The maximum Gasteiger partial charge on any atom is 0.573 e. The number of hydrogen-bond donors (Lipinski definition) is 1. The fraction of sp³-hybridized carbons (Fsp3) is 0.118. The van der Waals surface area contributed by atoms with Crippen LogP contribution in [0.4, 0.5) is 18.9 Å². The summed E-state index contributed by atoms with van der Waals surface area (Å²) >= 11 is 0. The van der Waals surface area contributed by atoms with Crippen molar-refractivity contribution in [3.63, 3.8) is 0 Å². The Labute approximate surface area is 146 Å². The Morgan fingerprint density at radius 2 is 1.81 bits per heavy atom. The molecule has 0 atom stereocenters. The second kappa shape index (κ2) is 6.87. The fourth-order valence-electron chi connectivity index (χ4n) is 2.23. The number of ether oxygens (including phenoxy) is 1. The van der Waals surface area contributed by atoms with Crippen molar-refractivity contribution in [2.24, 2.45) is 0 Å². The van der Waals surface area contributed by atoms with Crippen molar-refractivity contribution in [2.45, 2.75) is 13.3 Å². The van der Waals surface area contributed by atoms with E-state index in [0.717, 1.165) is 12.1 Å². The molecule has 1 N–H and O–H groups in total. The predicted molar refractivity (Wildman–Crippen MR) is 87.2 cm³/mol. The van der Waals surface area contributed by atoms with Crippen molar-refractivity contribution in [2.75, 3.05) is 5.32 Å². The van der Waals surface area contributed by atoms with Crippen LogP contribution in [0.3, 0.4) is 0 Å². The molecule has 0 bridgehead atoms. The number of rotatable bonds is 4. The molecule has 0 aliphatic rings. The monoisotopic (exact) mass is 362 g/mol. The first-order valence-electron chi connectivity index (χ1n) is 7.48. The van der Waals surface area contributed by atoms with Gasteiger partial charge in [0.25, 0.3) is 5.91 Å². The van der Waals surface area contributed by atoms with E-state index in [-0.39, 0.29) is 11.4 Å². The number of carbonyl (C=O) groups excluding carboxylic acids is 1. The molecule has 2 aromatic carbocycles. The highest BCUT2D eigenvalue weighted by atomic mass is 19.4. The number of anilines is 1. The molecule has 0 saturated carbocycles. The van der Waals surface area contributed by atoms with Gasteiger partial charge in [0.2, 0.25) is 0 Å². The lowest BCUT2D eigenvalue weighted by molar-refractivity contribution is -0.274. The second-order valence-electron chi connectivity index (χ2n) is 5.29. The summed E-state index contributed by atoms with van der Waals surface area (Å²) in [5, 5.41) is 10.8. The standard InChI is InChI=1S/C17H13F3N4O2/c1-11-15(23-24(22-11)13-7-3-2-4-8-13)16(25)21-12-6-5-9-14(10-12)26-17(18,19)20/h2-10H,1H3,(H,21,25). The first-order valence-corrected chi connectivity index (χ1v) is 7.48. The first-order chi connectivity index (χ1) is 12.3. The smallest absolute Gasteiger partial charge is 0.406 e. The Kier molecular flexibility index (Phi) is 4.61. The third-order valence-corrected chi connectivity index (χ3v) is 3.31. The molecular formula is C17H13F3N4O2. The summed E-state index contributed by atoms with van der Waals surface area (Å²) in [7, 11) is 0. The van der Waals surface area contributed by atoms with E-state index in [0.29, 0.717) is 11.4 Å². The van der Waals surface area contributed by atoms with Crippen molar-refractivity contribution in [1.82, 2.24) is 15.0 Å². The molecule has 0 aliphatic carbocycles. The van der Waals surface area contributed by atoms with Crippen molar-refractivity contribution in [3.05, 3.63) is 66.0 Å². The maximum absolute atomic E-state index is 12.4. The number of benzene rings is 2. The SMILES string of the molecule is Cc1nn(-c2ccccc2)nc1C(=O)Nc1cccc(OC(F)(F)F)c1. The minimum Gasteiger partial charge on any atom is -0.406 e. The topological polar surface area (TPSA) is 69.0 Å². The highest BCUT2D eigenvalue weighted by Crippen LogP contribution is 2.25. The molecule has 0 spiro atoms. The summed E-state index contributed by atoms with van der Waals surface area (Å²) in [6.45, 7) is 1.62. The lowest BCUT2D eigenvalue weighted by Crippen LogP contribution is -2.18. The number of aromatic nitrogens is 3. The minimum atomic E-state index is -4.81. The first kappa shape index (κ1) is 17.5. The molecule has 9 heteroatoms. The Balaban J connectivity index is 1.79. The van der Waals surface area contributed by atoms with Gasteiger partial charge in [-0.3, -0.25) is 4.79 Å². The van der Waals surface area contributed by atoms with Gasteiger partial charge >= 0.3 is 6.36 Å². The molecule has 0 saturated heterocycles. The van der Waals surface area contributed by atoms with E-state index in [1.54, 1.807) is 31.2 Å². The molecule has 1 heterocycles. The number of carbonyl (C=O) groups is 1. The summed E-state index contributed by atoms with van der Waals surface area (Å²) in [4.78, 5) is 13.7. The third-order valence-electron chi connectivity index (χ3n) is 3.31. The van der Waals surface area contributed by atoms with Crippen LogP contribution in [-0.2, 0) is 0 Å². The molecule has 134 valence electrons. The van der Waals surface area contributed by atoms with Gasteiger partial charge in [-0.05, 0) is 31.2 Å². The molecule has 1 amide bonds. The largest absolute Gasteiger partial charge is 0.573 e. The van der Waals surface area contributed by atoms with Gasteiger partial charge in [-0.2, -0.15) is 9.90 Å². The van der Waals surface area contributed by atoms with Crippen LogP contribution in [-0.4, -0.2) is 27.3 Å². The lowest BCUT2D eigenvalue weighted by Gasteiger charge is -2.10. The van der Waals surface area contributed by atoms with Gasteiger partial charge in [0, 0.05) is 11.8 Å². The zero-order valence-electron chi connectivity index (χ0n) is 13.5. The molecule has 3 rings (SSSR count). The van der Waals surface area contributed by atoms with Crippen molar-refractivity contribution < 1.29 is 22.7 Å². The highest BCUT2D eigenvalue weighted by Gasteiger charge is 2.31. The number of nitrogens with one attached hydrogen (secondary N) is 1. The molecule has 6 nitrogen and oxygen atoms in total. The average molecular weight is 362 g/mol. The van der Waals surface area contributed by atoms with Crippen LogP contribution in [0.15, 0.2) is 54.6 Å². The summed E-state index contributed by atoms with van der Waals surface area (Å²) in [5.74, 6) is -1.02. The van der Waals surface area contributed by atoms with Gasteiger partial charge < -0.3 is 10.1 Å². The van der Waals surface area contributed by atoms with Crippen LogP contribution in [0.5, 0.6) is 5.75 Å². The summed E-state index contributed by atoms with van der Waals surface area (Å²) < 4.78 is 40.7. The van der Waals surface area contributed by atoms with Gasteiger partial charge in [0.15, 0.2) is 5.69 Å². The van der Waals surface area contributed by atoms with Crippen molar-refractivity contribution in [3.8, 4) is 11.4 Å². The summed E-state index contributed by atoms with van der Waals surface area (Å²) in [6, 6.07) is 14.0. The molecule has 3 aromatic rings. The average Bonchev–Trinajstić information content (AvgIpc) is 2.96. The summed E-state index contributed by atoms with van der Waals surface area (Å²) in [5.41, 5.74) is 1.27. The number of nitrogens with zero attached hydrogens (tertiary/aromatic N) is 3. The number of halogens is 3. The Bertz CT molecular complexity index is 923. The quantitative estimate of drug-likeness (QED) is 0.768. The molecule has 0 aliphatic heterocycles. The number of hydrogen-bond acceptors (Lipinski definition) is 4. The van der Waals surface area contributed by atoms with Crippen molar-refractivity contribution >= 4 is 11.6 Å². The normalized spacial score (nSPS) is 11.2. The Hall–Kier alpha value is -3.36. The van der Waals surface area contributed by atoms with E-state index < -0.39 is 18.0 Å². The van der Waals surface area contributed by atoms with Gasteiger partial charge in [0.05, 0.1) is 11.4 Å². The van der Waals surface area contributed by atoms with Crippen LogP contribution >= 0.6 is 0 Å². The molecule has 0 unspecified atom stereocenters. The van der Waals surface area contributed by atoms with E-state index in [4.69, 9.17) is 0 Å². The van der Waals surface area contributed by atoms with Gasteiger partial charge in [-0.15, -0.1) is 18.3 Å². The molecule has 0 fully saturated rings. The Morgan fingerprint density at radius 3 is 2.50 bits per heavy atom.